The van der Waals surface area contributed by atoms with E-state index >= 15 is 0 Å². The normalized spacial score (nSPS) is 19.0. The molecule has 114 valence electrons. The van der Waals surface area contributed by atoms with Crippen molar-refractivity contribution in [1.29, 1.82) is 0 Å². The molecule has 1 amide bonds. The van der Waals surface area contributed by atoms with Crippen LogP contribution in [0.2, 0.25) is 5.02 Å². The maximum atomic E-state index is 12.8. The smallest absolute Gasteiger partial charge is 0.416 e. The van der Waals surface area contributed by atoms with Crippen molar-refractivity contribution in [3.8, 4) is 0 Å². The molecular formula is C13H11ClF3NO3. The van der Waals surface area contributed by atoms with Gasteiger partial charge in [0.15, 0.2) is 0 Å². The molecule has 0 aliphatic carbocycles. The third-order valence-corrected chi connectivity index (χ3v) is 3.40. The van der Waals surface area contributed by atoms with Gasteiger partial charge in [-0.15, -0.1) is 0 Å². The lowest BCUT2D eigenvalue weighted by Crippen LogP contribution is -2.26. The molecule has 1 saturated heterocycles. The molecule has 1 unspecified atom stereocenters. The molecule has 21 heavy (non-hydrogen) atoms. The largest absolute Gasteiger partial charge is 0.469 e. The van der Waals surface area contributed by atoms with E-state index in [2.05, 4.69) is 4.74 Å². The second-order valence-corrected chi connectivity index (χ2v) is 5.06. The van der Waals surface area contributed by atoms with Crippen molar-refractivity contribution in [2.75, 3.05) is 18.6 Å². The molecule has 1 aromatic rings. The van der Waals surface area contributed by atoms with Gasteiger partial charge in [-0.05, 0) is 18.2 Å². The number of rotatable bonds is 2. The monoisotopic (exact) mass is 321 g/mol. The van der Waals surface area contributed by atoms with E-state index < -0.39 is 29.5 Å². The summed E-state index contributed by atoms with van der Waals surface area (Å²) in [6, 6.07) is 2.88. The van der Waals surface area contributed by atoms with E-state index in [9.17, 15) is 22.8 Å². The van der Waals surface area contributed by atoms with Gasteiger partial charge in [-0.1, -0.05) is 11.6 Å². The maximum absolute atomic E-state index is 12.8. The quantitative estimate of drug-likeness (QED) is 0.787. The predicted octanol–water partition coefficient (Wildman–Crippen LogP) is 2.88. The number of benzene rings is 1. The number of amides is 1. The Hall–Kier alpha value is -1.76. The lowest BCUT2D eigenvalue weighted by atomic mass is 10.1. The first-order valence-corrected chi connectivity index (χ1v) is 6.36. The number of anilines is 1. The van der Waals surface area contributed by atoms with E-state index in [1.54, 1.807) is 0 Å². The van der Waals surface area contributed by atoms with Crippen LogP contribution in [0.15, 0.2) is 18.2 Å². The third-order valence-electron chi connectivity index (χ3n) is 3.18. The number of hydrogen-bond donors (Lipinski definition) is 0. The van der Waals surface area contributed by atoms with E-state index in [0.29, 0.717) is 0 Å². The van der Waals surface area contributed by atoms with Gasteiger partial charge >= 0.3 is 12.1 Å². The van der Waals surface area contributed by atoms with Crippen molar-refractivity contribution in [3.05, 3.63) is 28.8 Å². The Morgan fingerprint density at radius 3 is 2.62 bits per heavy atom. The number of carbonyl (C=O) groups is 2. The lowest BCUT2D eigenvalue weighted by molar-refractivity contribution is -0.145. The first kappa shape index (κ1) is 15.6. The summed E-state index contributed by atoms with van der Waals surface area (Å²) < 4.78 is 42.8. The summed E-state index contributed by atoms with van der Waals surface area (Å²) in [4.78, 5) is 24.4. The molecule has 1 heterocycles. The van der Waals surface area contributed by atoms with Crippen molar-refractivity contribution in [1.82, 2.24) is 0 Å². The Morgan fingerprint density at radius 2 is 2.05 bits per heavy atom. The predicted molar refractivity (Wildman–Crippen MR) is 68.9 cm³/mol. The summed E-state index contributed by atoms with van der Waals surface area (Å²) in [5.74, 6) is -1.69. The van der Waals surface area contributed by atoms with Gasteiger partial charge in [-0.25, -0.2) is 0 Å². The molecule has 1 aromatic carbocycles. The van der Waals surface area contributed by atoms with E-state index in [0.717, 1.165) is 17.0 Å². The number of hydrogen-bond acceptors (Lipinski definition) is 3. The van der Waals surface area contributed by atoms with E-state index in [1.165, 1.54) is 13.2 Å². The number of nitrogens with zero attached hydrogens (tertiary/aromatic N) is 1. The molecule has 0 saturated carbocycles. The summed E-state index contributed by atoms with van der Waals surface area (Å²) in [6.45, 7) is -0.0247. The van der Waals surface area contributed by atoms with Crippen LogP contribution in [0.5, 0.6) is 0 Å². The molecule has 1 atom stereocenters. The minimum atomic E-state index is -4.57. The van der Waals surface area contributed by atoms with Crippen LogP contribution >= 0.6 is 11.6 Å². The Balaban J connectivity index is 2.32. The highest BCUT2D eigenvalue weighted by Crippen LogP contribution is 2.36. The number of esters is 1. The fourth-order valence-electron chi connectivity index (χ4n) is 2.18. The molecule has 0 N–H and O–H groups in total. The average molecular weight is 322 g/mol. The first-order chi connectivity index (χ1) is 9.72. The minimum absolute atomic E-state index is 0.0197. The number of halogens is 4. The van der Waals surface area contributed by atoms with Gasteiger partial charge in [0.2, 0.25) is 5.91 Å². The van der Waals surface area contributed by atoms with Gasteiger partial charge in [-0.3, -0.25) is 9.59 Å². The van der Waals surface area contributed by atoms with Gasteiger partial charge in [0.05, 0.1) is 18.6 Å². The Morgan fingerprint density at radius 1 is 1.38 bits per heavy atom. The summed E-state index contributed by atoms with van der Waals surface area (Å²) in [7, 11) is 1.19. The van der Waals surface area contributed by atoms with Crippen LogP contribution in [-0.2, 0) is 20.5 Å². The summed E-state index contributed by atoms with van der Waals surface area (Å²) in [5.41, 5.74) is -0.925. The molecule has 2 rings (SSSR count). The minimum Gasteiger partial charge on any atom is -0.469 e. The van der Waals surface area contributed by atoms with Gasteiger partial charge in [0.25, 0.3) is 0 Å². The highest BCUT2D eigenvalue weighted by atomic mass is 35.5. The van der Waals surface area contributed by atoms with Gasteiger partial charge in [-0.2, -0.15) is 13.2 Å². The lowest BCUT2D eigenvalue weighted by Gasteiger charge is -2.18. The topological polar surface area (TPSA) is 46.6 Å². The van der Waals surface area contributed by atoms with Crippen LogP contribution in [-0.4, -0.2) is 25.5 Å². The van der Waals surface area contributed by atoms with Crippen molar-refractivity contribution >= 4 is 29.2 Å². The number of ether oxygens (including phenoxy) is 1. The number of alkyl halides is 3. The van der Waals surface area contributed by atoms with E-state index in [4.69, 9.17) is 11.6 Å². The highest BCUT2D eigenvalue weighted by molar-refractivity contribution is 6.31. The summed E-state index contributed by atoms with van der Waals surface area (Å²) in [6.07, 6.45) is -4.66. The van der Waals surface area contributed by atoms with Crippen molar-refractivity contribution in [2.45, 2.75) is 12.6 Å². The molecule has 8 heteroatoms. The first-order valence-electron chi connectivity index (χ1n) is 5.98. The summed E-state index contributed by atoms with van der Waals surface area (Å²) in [5, 5.41) is -0.130. The number of methoxy groups -OCH3 is 1. The van der Waals surface area contributed by atoms with Crippen molar-refractivity contribution in [2.24, 2.45) is 5.92 Å². The average Bonchev–Trinajstić information content (AvgIpc) is 2.78. The van der Waals surface area contributed by atoms with Crippen LogP contribution < -0.4 is 4.90 Å². The zero-order valence-corrected chi connectivity index (χ0v) is 11.7. The fourth-order valence-corrected chi connectivity index (χ4v) is 2.40. The van der Waals surface area contributed by atoms with Gasteiger partial charge < -0.3 is 9.64 Å². The Bertz CT molecular complexity index is 589. The second kappa shape index (κ2) is 5.55. The molecular weight excluding hydrogens is 311 g/mol. The molecule has 1 aliphatic rings. The molecule has 1 fully saturated rings. The van der Waals surface area contributed by atoms with E-state index in [1.807, 2.05) is 0 Å². The molecule has 0 aromatic heterocycles. The standard InChI is InChI=1S/C13H11ClF3NO3/c1-21-12(20)7-2-11(19)18(6-7)10-4-8(13(15,16)17)3-9(14)5-10/h3-5,7H,2,6H2,1H3. The fraction of sp³-hybridized carbons (Fsp3) is 0.385. The van der Waals surface area contributed by atoms with Crippen LogP contribution in [0.25, 0.3) is 0 Å². The van der Waals surface area contributed by atoms with Crippen molar-refractivity contribution < 1.29 is 27.5 Å². The molecule has 4 nitrogen and oxygen atoms in total. The number of carbonyl (C=O) groups excluding carboxylic acids is 2. The van der Waals surface area contributed by atoms with Gasteiger partial charge in [0.1, 0.15) is 0 Å². The molecule has 0 radical (unpaired) electrons. The van der Waals surface area contributed by atoms with Crippen LogP contribution in [0.4, 0.5) is 18.9 Å². The Labute approximate surface area is 123 Å². The van der Waals surface area contributed by atoms with Gasteiger partial charge in [0, 0.05) is 23.7 Å². The third kappa shape index (κ3) is 3.29. The van der Waals surface area contributed by atoms with Crippen molar-refractivity contribution in [3.63, 3.8) is 0 Å². The Kier molecular flexibility index (Phi) is 4.13. The maximum Gasteiger partial charge on any atom is 0.416 e. The SMILES string of the molecule is COC(=O)C1CC(=O)N(c2cc(Cl)cc(C(F)(F)F)c2)C1. The highest BCUT2D eigenvalue weighted by Gasteiger charge is 2.37. The van der Waals surface area contributed by atoms with E-state index in [-0.39, 0.29) is 23.7 Å². The van der Waals surface area contributed by atoms with Crippen LogP contribution in [0.1, 0.15) is 12.0 Å². The van der Waals surface area contributed by atoms with Crippen LogP contribution in [0.3, 0.4) is 0 Å². The zero-order valence-electron chi connectivity index (χ0n) is 10.9. The van der Waals surface area contributed by atoms with Crippen LogP contribution in [0, 0.1) is 5.92 Å². The molecule has 0 spiro atoms. The second-order valence-electron chi connectivity index (χ2n) is 4.62. The zero-order chi connectivity index (χ0) is 15.8. The summed E-state index contributed by atoms with van der Waals surface area (Å²) >= 11 is 5.68. The molecule has 1 aliphatic heterocycles. The molecule has 0 bridgehead atoms.